The second-order valence-electron chi connectivity index (χ2n) is 6.72. The van der Waals surface area contributed by atoms with Gasteiger partial charge in [-0.2, -0.15) is 0 Å². The Balaban J connectivity index is 1.76. The van der Waals surface area contributed by atoms with Crippen molar-refractivity contribution in [1.29, 1.82) is 0 Å². The van der Waals surface area contributed by atoms with Crippen molar-refractivity contribution >= 4 is 0 Å². The van der Waals surface area contributed by atoms with E-state index in [1.165, 1.54) is 0 Å². The van der Waals surface area contributed by atoms with Gasteiger partial charge in [-0.3, -0.25) is 0 Å². The lowest BCUT2D eigenvalue weighted by molar-refractivity contribution is 0.113. The smallest absolute Gasteiger partial charge is 0.119 e. The zero-order valence-electron chi connectivity index (χ0n) is 14.2. The summed E-state index contributed by atoms with van der Waals surface area (Å²) in [6.45, 7) is 10.4. The van der Waals surface area contributed by atoms with Crippen molar-refractivity contribution in [3.8, 4) is 5.75 Å². The molecule has 1 atom stereocenters. The maximum Gasteiger partial charge on any atom is 0.119 e. The number of nitrogens with zero attached hydrogens (tertiary/aromatic N) is 2. The Hall–Kier alpha value is -1.10. The van der Waals surface area contributed by atoms with Crippen LogP contribution >= 0.6 is 0 Å². The molecular formula is C18H30N2O2. The molecule has 2 rings (SSSR count). The number of rotatable bonds is 7. The summed E-state index contributed by atoms with van der Waals surface area (Å²) in [5.74, 6) is 1.40. The van der Waals surface area contributed by atoms with Gasteiger partial charge in [-0.15, -0.1) is 0 Å². The average molecular weight is 306 g/mol. The van der Waals surface area contributed by atoms with Crippen LogP contribution in [0, 0.1) is 5.92 Å². The number of piperazine rings is 1. The van der Waals surface area contributed by atoms with Gasteiger partial charge in [0.1, 0.15) is 5.75 Å². The Morgan fingerprint density at radius 1 is 1.09 bits per heavy atom. The topological polar surface area (TPSA) is 35.9 Å². The highest BCUT2D eigenvalue weighted by Gasteiger charge is 2.15. The molecule has 0 aromatic heterocycles. The number of benzene rings is 1. The van der Waals surface area contributed by atoms with Gasteiger partial charge < -0.3 is 19.6 Å². The van der Waals surface area contributed by atoms with Crippen LogP contribution in [0.5, 0.6) is 5.75 Å². The van der Waals surface area contributed by atoms with Crippen LogP contribution in [0.4, 0.5) is 0 Å². The molecule has 1 aliphatic heterocycles. The molecule has 1 heterocycles. The van der Waals surface area contributed by atoms with Gasteiger partial charge in [0, 0.05) is 32.7 Å². The Kier molecular flexibility index (Phi) is 6.68. The predicted molar refractivity (Wildman–Crippen MR) is 90.3 cm³/mol. The summed E-state index contributed by atoms with van der Waals surface area (Å²) >= 11 is 0. The third-order valence-electron chi connectivity index (χ3n) is 4.16. The molecule has 1 aromatic carbocycles. The van der Waals surface area contributed by atoms with Crippen LogP contribution in [0.15, 0.2) is 24.3 Å². The highest BCUT2D eigenvalue weighted by molar-refractivity contribution is 5.28. The Labute approximate surface area is 134 Å². The van der Waals surface area contributed by atoms with Gasteiger partial charge in [-0.1, -0.05) is 26.0 Å². The van der Waals surface area contributed by atoms with Gasteiger partial charge in [0.15, 0.2) is 0 Å². The highest BCUT2D eigenvalue weighted by atomic mass is 16.5. The Morgan fingerprint density at radius 3 is 2.32 bits per heavy atom. The first-order valence-electron chi connectivity index (χ1n) is 8.36. The summed E-state index contributed by atoms with van der Waals surface area (Å²) < 4.78 is 5.67. The maximum atomic E-state index is 10.3. The molecule has 4 heteroatoms. The van der Waals surface area contributed by atoms with E-state index in [1.807, 2.05) is 24.3 Å². The van der Waals surface area contributed by atoms with Gasteiger partial charge in [-0.25, -0.2) is 0 Å². The van der Waals surface area contributed by atoms with Crippen LogP contribution in [-0.2, 0) is 0 Å². The molecule has 1 unspecified atom stereocenters. The summed E-state index contributed by atoms with van der Waals surface area (Å²) in [6, 6.07) is 7.86. The van der Waals surface area contributed by atoms with Crippen LogP contribution in [0.1, 0.15) is 31.9 Å². The zero-order chi connectivity index (χ0) is 15.9. The fraction of sp³-hybridized carbons (Fsp3) is 0.667. The van der Waals surface area contributed by atoms with Crippen molar-refractivity contribution in [1.82, 2.24) is 9.80 Å². The van der Waals surface area contributed by atoms with Crippen LogP contribution < -0.4 is 4.74 Å². The second-order valence-corrected chi connectivity index (χ2v) is 6.72. The van der Waals surface area contributed by atoms with Gasteiger partial charge in [0.05, 0.1) is 12.7 Å². The fourth-order valence-corrected chi connectivity index (χ4v) is 2.59. The quantitative estimate of drug-likeness (QED) is 0.839. The molecule has 1 aliphatic rings. The van der Waals surface area contributed by atoms with Crippen molar-refractivity contribution in [2.45, 2.75) is 26.4 Å². The fourth-order valence-electron chi connectivity index (χ4n) is 2.59. The molecule has 0 saturated carbocycles. The lowest BCUT2D eigenvalue weighted by Gasteiger charge is -2.32. The molecule has 1 N–H and O–H groups in total. The minimum absolute atomic E-state index is 0.390. The van der Waals surface area contributed by atoms with E-state index >= 15 is 0 Å². The molecule has 1 saturated heterocycles. The summed E-state index contributed by atoms with van der Waals surface area (Å²) in [4.78, 5) is 4.78. The predicted octanol–water partition coefficient (Wildman–Crippen LogP) is 2.39. The first-order valence-corrected chi connectivity index (χ1v) is 8.36. The van der Waals surface area contributed by atoms with E-state index in [-0.39, 0.29) is 6.10 Å². The summed E-state index contributed by atoms with van der Waals surface area (Å²) in [6.07, 6.45) is 0.398. The normalized spacial score (nSPS) is 18.6. The van der Waals surface area contributed by atoms with E-state index in [1.54, 1.807) is 0 Å². The number of likely N-dealkylation sites (N-methyl/N-ethyl adjacent to an activating group) is 1. The number of hydrogen-bond acceptors (Lipinski definition) is 4. The van der Waals surface area contributed by atoms with E-state index in [2.05, 4.69) is 30.7 Å². The minimum atomic E-state index is -0.390. The van der Waals surface area contributed by atoms with Gasteiger partial charge in [0.2, 0.25) is 0 Å². The van der Waals surface area contributed by atoms with Crippen molar-refractivity contribution in [3.05, 3.63) is 29.8 Å². The molecule has 0 bridgehead atoms. The van der Waals surface area contributed by atoms with Gasteiger partial charge >= 0.3 is 0 Å². The van der Waals surface area contributed by atoms with Crippen LogP contribution in [0.3, 0.4) is 0 Å². The van der Waals surface area contributed by atoms with Crippen LogP contribution in [0.25, 0.3) is 0 Å². The average Bonchev–Trinajstić information content (AvgIpc) is 2.52. The lowest BCUT2D eigenvalue weighted by Crippen LogP contribution is -2.44. The first-order chi connectivity index (χ1) is 10.5. The largest absolute Gasteiger partial charge is 0.493 e. The lowest BCUT2D eigenvalue weighted by atomic mass is 10.1. The van der Waals surface area contributed by atoms with Crippen molar-refractivity contribution in [3.63, 3.8) is 0 Å². The monoisotopic (exact) mass is 306 g/mol. The summed E-state index contributed by atoms with van der Waals surface area (Å²) in [5.41, 5.74) is 0.978. The summed E-state index contributed by atoms with van der Waals surface area (Å²) in [5, 5.41) is 10.3. The zero-order valence-corrected chi connectivity index (χ0v) is 14.2. The molecule has 4 nitrogen and oxygen atoms in total. The molecule has 0 spiro atoms. The van der Waals surface area contributed by atoms with E-state index in [4.69, 9.17) is 4.74 Å². The Bertz CT molecular complexity index is 425. The standard InChI is InChI=1S/C18H30N2O2/c1-15(2)14-22-17-6-4-16(5-7-17)18(21)8-9-20-12-10-19(3)11-13-20/h4-7,15,18,21H,8-14H2,1-3H3. The maximum absolute atomic E-state index is 10.3. The Morgan fingerprint density at radius 2 is 1.73 bits per heavy atom. The van der Waals surface area contributed by atoms with Crippen molar-refractivity contribution in [2.75, 3.05) is 46.4 Å². The molecule has 0 radical (unpaired) electrons. The van der Waals surface area contributed by atoms with Crippen molar-refractivity contribution in [2.24, 2.45) is 5.92 Å². The third kappa shape index (κ3) is 5.59. The molecule has 0 aliphatic carbocycles. The van der Waals surface area contributed by atoms with E-state index in [0.717, 1.165) is 57.1 Å². The molecule has 1 fully saturated rings. The molecule has 1 aromatic rings. The van der Waals surface area contributed by atoms with Crippen molar-refractivity contribution < 1.29 is 9.84 Å². The molecule has 0 amide bonds. The van der Waals surface area contributed by atoms with Crippen LogP contribution in [0.2, 0.25) is 0 Å². The van der Waals surface area contributed by atoms with E-state index < -0.39 is 0 Å². The molecule has 22 heavy (non-hydrogen) atoms. The van der Waals surface area contributed by atoms with Gasteiger partial charge in [-0.05, 0) is 37.1 Å². The number of ether oxygens (including phenoxy) is 1. The first kappa shape index (κ1) is 17.3. The molecule has 124 valence electrons. The van der Waals surface area contributed by atoms with Gasteiger partial charge in [0.25, 0.3) is 0 Å². The SMILES string of the molecule is CC(C)COc1ccc(C(O)CCN2CCN(C)CC2)cc1. The van der Waals surface area contributed by atoms with Crippen LogP contribution in [-0.4, -0.2) is 61.3 Å². The number of aliphatic hydroxyl groups excluding tert-OH is 1. The number of hydrogen-bond donors (Lipinski definition) is 1. The second kappa shape index (κ2) is 8.51. The van der Waals surface area contributed by atoms with E-state index in [0.29, 0.717) is 5.92 Å². The third-order valence-corrected chi connectivity index (χ3v) is 4.16. The number of aliphatic hydroxyl groups is 1. The molecular weight excluding hydrogens is 276 g/mol. The summed E-state index contributed by atoms with van der Waals surface area (Å²) in [7, 11) is 2.16. The van der Waals surface area contributed by atoms with E-state index in [9.17, 15) is 5.11 Å². The highest BCUT2D eigenvalue weighted by Crippen LogP contribution is 2.21. The minimum Gasteiger partial charge on any atom is -0.493 e.